The number of nitrogens with one attached hydrogen (secondary N) is 1. The van der Waals surface area contributed by atoms with E-state index < -0.39 is 0 Å². The van der Waals surface area contributed by atoms with Gasteiger partial charge in [0.2, 0.25) is 10.1 Å². The molecule has 0 fully saturated rings. The lowest BCUT2D eigenvalue weighted by Gasteiger charge is -2.08. The third-order valence-corrected chi connectivity index (χ3v) is 4.89. The summed E-state index contributed by atoms with van der Waals surface area (Å²) < 4.78 is 12.4. The molecule has 1 N–H and O–H groups in total. The summed E-state index contributed by atoms with van der Waals surface area (Å²) in [7, 11) is 3.25. The number of anilines is 1. The normalized spacial score (nSPS) is 10.8. The first-order valence-corrected chi connectivity index (χ1v) is 8.95. The van der Waals surface area contributed by atoms with Gasteiger partial charge in [0.05, 0.1) is 26.1 Å². The van der Waals surface area contributed by atoms with Crippen LogP contribution in [-0.4, -0.2) is 28.8 Å². The van der Waals surface area contributed by atoms with Gasteiger partial charge >= 0.3 is 0 Å². The highest BCUT2D eigenvalue weighted by atomic mass is 32.1. The fourth-order valence-corrected chi connectivity index (χ4v) is 3.46. The molecule has 26 heavy (non-hydrogen) atoms. The van der Waals surface area contributed by atoms with Crippen LogP contribution in [0.4, 0.5) is 5.13 Å². The highest BCUT2D eigenvalue weighted by Crippen LogP contribution is 2.32. The van der Waals surface area contributed by atoms with E-state index in [1.165, 1.54) is 16.9 Å². The van der Waals surface area contributed by atoms with Crippen molar-refractivity contribution in [3.63, 3.8) is 0 Å². The second-order valence-electron chi connectivity index (χ2n) is 5.67. The van der Waals surface area contributed by atoms with Crippen molar-refractivity contribution in [2.24, 2.45) is 0 Å². The van der Waals surface area contributed by atoms with Crippen molar-refractivity contribution >= 4 is 21.4 Å². The monoisotopic (exact) mass is 366 g/mol. The van der Waals surface area contributed by atoms with Crippen molar-refractivity contribution in [3.05, 3.63) is 60.3 Å². The van der Waals surface area contributed by atoms with Crippen LogP contribution >= 0.6 is 11.3 Å². The van der Waals surface area contributed by atoms with E-state index in [4.69, 9.17) is 9.47 Å². The Morgan fingerprint density at radius 3 is 2.58 bits per heavy atom. The van der Waals surface area contributed by atoms with Crippen molar-refractivity contribution in [3.8, 4) is 22.8 Å². The van der Waals surface area contributed by atoms with Crippen molar-refractivity contribution in [1.82, 2.24) is 14.6 Å². The first kappa shape index (κ1) is 16.4. The Bertz CT molecular complexity index is 995. The van der Waals surface area contributed by atoms with Gasteiger partial charge in [0.15, 0.2) is 11.5 Å². The molecular formula is C19H18N4O2S. The third kappa shape index (κ3) is 3.21. The molecule has 4 rings (SSSR count). The molecule has 6 nitrogen and oxygen atoms in total. The number of aromatic nitrogens is 3. The minimum absolute atomic E-state index is 0.680. The van der Waals surface area contributed by atoms with E-state index in [9.17, 15) is 0 Å². The van der Waals surface area contributed by atoms with Crippen molar-refractivity contribution in [2.75, 3.05) is 19.5 Å². The predicted molar refractivity (Wildman–Crippen MR) is 103 cm³/mol. The first-order valence-electron chi connectivity index (χ1n) is 8.13. The van der Waals surface area contributed by atoms with Crippen molar-refractivity contribution in [2.45, 2.75) is 6.54 Å². The van der Waals surface area contributed by atoms with E-state index in [-0.39, 0.29) is 0 Å². The average Bonchev–Trinajstić information content (AvgIpc) is 3.25. The van der Waals surface area contributed by atoms with E-state index in [2.05, 4.69) is 27.5 Å². The van der Waals surface area contributed by atoms with Gasteiger partial charge in [-0.1, -0.05) is 41.7 Å². The molecule has 0 bridgehead atoms. The molecule has 2 aromatic heterocycles. The number of fused-ring (bicyclic) bond motifs is 1. The minimum atomic E-state index is 0.680. The van der Waals surface area contributed by atoms with Gasteiger partial charge in [0, 0.05) is 12.1 Å². The number of hydrogen-bond donors (Lipinski definition) is 1. The number of methoxy groups -OCH3 is 2. The molecule has 0 amide bonds. The summed E-state index contributed by atoms with van der Waals surface area (Å²) in [6.07, 6.45) is 1.92. The van der Waals surface area contributed by atoms with Gasteiger partial charge < -0.3 is 14.8 Å². The molecule has 4 aromatic rings. The van der Waals surface area contributed by atoms with Crippen molar-refractivity contribution in [1.29, 1.82) is 0 Å². The maximum absolute atomic E-state index is 5.36. The largest absolute Gasteiger partial charge is 0.493 e. The Kier molecular flexibility index (Phi) is 4.45. The fraction of sp³-hybridized carbons (Fsp3) is 0.158. The van der Waals surface area contributed by atoms with Crippen LogP contribution in [0.5, 0.6) is 11.5 Å². The van der Waals surface area contributed by atoms with Crippen LogP contribution in [0.25, 0.3) is 16.2 Å². The lowest BCUT2D eigenvalue weighted by molar-refractivity contribution is 0.355. The number of benzene rings is 2. The van der Waals surface area contributed by atoms with E-state index in [1.807, 2.05) is 42.6 Å². The summed E-state index contributed by atoms with van der Waals surface area (Å²) in [5, 5.41) is 8.74. The maximum atomic E-state index is 5.36. The lowest BCUT2D eigenvalue weighted by atomic mass is 10.1. The zero-order chi connectivity index (χ0) is 17.9. The van der Waals surface area contributed by atoms with E-state index in [1.54, 1.807) is 18.7 Å². The second-order valence-corrected chi connectivity index (χ2v) is 6.63. The SMILES string of the molecule is COc1ccc(-c2cn3nc(NCc4ccccc4)sc3n2)cc1OC. The Morgan fingerprint density at radius 1 is 1.04 bits per heavy atom. The predicted octanol–water partition coefficient (Wildman–Crippen LogP) is 4.09. The molecule has 0 radical (unpaired) electrons. The molecular weight excluding hydrogens is 348 g/mol. The second kappa shape index (κ2) is 7.05. The molecule has 2 aromatic carbocycles. The quantitative estimate of drug-likeness (QED) is 0.557. The summed E-state index contributed by atoms with van der Waals surface area (Å²) >= 11 is 1.52. The number of nitrogens with zero attached hydrogens (tertiary/aromatic N) is 3. The number of ether oxygens (including phenoxy) is 2. The zero-order valence-corrected chi connectivity index (χ0v) is 15.3. The molecule has 0 atom stereocenters. The highest BCUT2D eigenvalue weighted by molar-refractivity contribution is 7.20. The summed E-state index contributed by atoms with van der Waals surface area (Å²) in [6.45, 7) is 0.736. The molecule has 132 valence electrons. The molecule has 0 spiro atoms. The zero-order valence-electron chi connectivity index (χ0n) is 14.5. The molecule has 0 unspecified atom stereocenters. The number of imidazole rings is 1. The van der Waals surface area contributed by atoms with Gasteiger partial charge in [-0.05, 0) is 23.8 Å². The molecule has 0 aliphatic heterocycles. The first-order chi connectivity index (χ1) is 12.8. The maximum Gasteiger partial charge on any atom is 0.214 e. The van der Waals surface area contributed by atoms with Crippen LogP contribution < -0.4 is 14.8 Å². The van der Waals surface area contributed by atoms with Gasteiger partial charge in [-0.25, -0.2) is 9.50 Å². The molecule has 0 aliphatic carbocycles. The lowest BCUT2D eigenvalue weighted by Crippen LogP contribution is -1.99. The summed E-state index contributed by atoms with van der Waals surface area (Å²) in [4.78, 5) is 5.51. The Balaban J connectivity index is 1.55. The van der Waals surface area contributed by atoms with E-state index in [0.717, 1.165) is 27.9 Å². The van der Waals surface area contributed by atoms with Crippen LogP contribution in [-0.2, 0) is 6.54 Å². The Hall–Kier alpha value is -3.06. The highest BCUT2D eigenvalue weighted by Gasteiger charge is 2.12. The van der Waals surface area contributed by atoms with Crippen LogP contribution in [0, 0.1) is 0 Å². The van der Waals surface area contributed by atoms with Crippen LogP contribution in [0.3, 0.4) is 0 Å². The minimum Gasteiger partial charge on any atom is -0.493 e. The van der Waals surface area contributed by atoms with Crippen LogP contribution in [0.15, 0.2) is 54.7 Å². The molecule has 2 heterocycles. The summed E-state index contributed by atoms with van der Waals surface area (Å²) in [5.74, 6) is 1.38. The smallest absolute Gasteiger partial charge is 0.214 e. The standard InChI is InChI=1S/C19H18N4O2S/c1-24-16-9-8-14(10-17(16)25-2)15-12-23-19(21-15)26-18(22-23)20-11-13-6-4-3-5-7-13/h3-10,12H,11H2,1-2H3,(H,20,22). The van der Waals surface area contributed by atoms with Gasteiger partial charge in [0.1, 0.15) is 0 Å². The van der Waals surface area contributed by atoms with E-state index >= 15 is 0 Å². The molecule has 7 heteroatoms. The topological polar surface area (TPSA) is 60.7 Å². The number of hydrogen-bond acceptors (Lipinski definition) is 6. The van der Waals surface area contributed by atoms with Crippen LogP contribution in [0.2, 0.25) is 0 Å². The Labute approximate surface area is 155 Å². The fourth-order valence-electron chi connectivity index (χ4n) is 2.68. The summed E-state index contributed by atoms with van der Waals surface area (Å²) in [6, 6.07) is 16.0. The van der Waals surface area contributed by atoms with Crippen LogP contribution in [0.1, 0.15) is 5.56 Å². The van der Waals surface area contributed by atoms with Gasteiger partial charge in [-0.3, -0.25) is 0 Å². The molecule has 0 aliphatic rings. The average molecular weight is 366 g/mol. The van der Waals surface area contributed by atoms with Crippen molar-refractivity contribution < 1.29 is 9.47 Å². The van der Waals surface area contributed by atoms with Gasteiger partial charge in [-0.15, -0.1) is 5.10 Å². The molecule has 0 saturated carbocycles. The van der Waals surface area contributed by atoms with Gasteiger partial charge in [-0.2, -0.15) is 0 Å². The Morgan fingerprint density at radius 2 is 1.85 bits per heavy atom. The van der Waals surface area contributed by atoms with E-state index in [0.29, 0.717) is 11.5 Å². The third-order valence-electron chi connectivity index (χ3n) is 4.01. The number of rotatable bonds is 6. The molecule has 0 saturated heterocycles. The van der Waals surface area contributed by atoms with Gasteiger partial charge in [0.25, 0.3) is 0 Å². The summed E-state index contributed by atoms with van der Waals surface area (Å²) in [5.41, 5.74) is 3.02.